The molecule has 0 aliphatic rings. The van der Waals surface area contributed by atoms with E-state index in [-0.39, 0.29) is 6.61 Å². The van der Waals surface area contributed by atoms with Crippen LogP contribution in [0.2, 0.25) is 0 Å². The molecule has 0 saturated carbocycles. The molecular weight excluding hydrogens is 290 g/mol. The van der Waals surface area contributed by atoms with Crippen molar-refractivity contribution in [3.05, 3.63) is 35.4 Å². The van der Waals surface area contributed by atoms with Gasteiger partial charge in [0.2, 0.25) is 5.13 Å². The number of thioether (sulfide) groups is 1. The molecule has 4 nitrogen and oxygen atoms in total. The number of benzene rings is 1. The van der Waals surface area contributed by atoms with Crippen molar-refractivity contribution >= 4 is 28.2 Å². The van der Waals surface area contributed by atoms with Gasteiger partial charge in [0.15, 0.2) is 4.34 Å². The molecule has 1 aromatic heterocycles. The molecule has 2 rings (SSSR count). The highest BCUT2D eigenvalue weighted by molar-refractivity contribution is 8.00. The van der Waals surface area contributed by atoms with E-state index in [1.165, 1.54) is 0 Å². The minimum Gasteiger partial charge on any atom is -0.384 e. The Hall–Kier alpha value is -1.55. The van der Waals surface area contributed by atoms with Crippen molar-refractivity contribution in [3.63, 3.8) is 0 Å². The molecule has 0 unspecified atom stereocenters. The summed E-state index contributed by atoms with van der Waals surface area (Å²) in [5.41, 5.74) is 2.09. The first kappa shape index (κ1) is 14.9. The summed E-state index contributed by atoms with van der Waals surface area (Å²) in [5, 5.41) is 18.0. The van der Waals surface area contributed by atoms with E-state index >= 15 is 0 Å². The molecule has 0 bridgehead atoms. The van der Waals surface area contributed by atoms with Gasteiger partial charge in [-0.15, -0.1) is 10.2 Å². The van der Waals surface area contributed by atoms with Crippen molar-refractivity contribution in [1.29, 1.82) is 0 Å². The van der Waals surface area contributed by atoms with Gasteiger partial charge in [0.05, 0.1) is 0 Å². The molecule has 2 aromatic rings. The second-order valence-electron chi connectivity index (χ2n) is 4.15. The quantitative estimate of drug-likeness (QED) is 0.693. The Kier molecular flexibility index (Phi) is 5.41. The first-order valence-electron chi connectivity index (χ1n) is 6.02. The Morgan fingerprint density at radius 1 is 1.30 bits per heavy atom. The van der Waals surface area contributed by atoms with Crippen molar-refractivity contribution in [3.8, 4) is 11.8 Å². The summed E-state index contributed by atoms with van der Waals surface area (Å²) in [7, 11) is 3.91. The van der Waals surface area contributed by atoms with Crippen LogP contribution in [-0.2, 0) is 5.75 Å². The summed E-state index contributed by atoms with van der Waals surface area (Å²) in [6.07, 6.45) is 0. The zero-order valence-electron chi connectivity index (χ0n) is 11.3. The van der Waals surface area contributed by atoms with Crippen molar-refractivity contribution in [2.45, 2.75) is 10.1 Å². The molecule has 1 N–H and O–H groups in total. The fourth-order valence-corrected chi connectivity index (χ4v) is 3.25. The van der Waals surface area contributed by atoms with Crippen LogP contribution in [-0.4, -0.2) is 36.0 Å². The van der Waals surface area contributed by atoms with E-state index in [9.17, 15) is 0 Å². The summed E-state index contributed by atoms with van der Waals surface area (Å²) in [6.45, 7) is -0.121. The summed E-state index contributed by atoms with van der Waals surface area (Å²) in [6, 6.07) is 7.95. The van der Waals surface area contributed by atoms with Crippen molar-refractivity contribution in [2.24, 2.45) is 0 Å². The highest BCUT2D eigenvalue weighted by Gasteiger charge is 2.07. The largest absolute Gasteiger partial charge is 0.384 e. The molecule has 1 heterocycles. The molecule has 0 fully saturated rings. The number of hydrogen-bond donors (Lipinski definition) is 1. The standard InChI is InChI=1S/C14H15N3OS2/c1-17(2)13-15-16-14(20-13)19-10-12-7-4-3-6-11(12)8-5-9-18/h3-4,6-7,18H,9-10H2,1-2H3. The third-order valence-electron chi connectivity index (χ3n) is 2.45. The molecule has 0 atom stereocenters. The summed E-state index contributed by atoms with van der Waals surface area (Å²) in [5.74, 6) is 6.44. The smallest absolute Gasteiger partial charge is 0.208 e. The second-order valence-corrected chi connectivity index (χ2v) is 6.33. The maximum atomic E-state index is 8.78. The average molecular weight is 305 g/mol. The third kappa shape index (κ3) is 3.97. The van der Waals surface area contributed by atoms with E-state index < -0.39 is 0 Å². The Bertz CT molecular complexity index is 629. The van der Waals surface area contributed by atoms with Gasteiger partial charge in [-0.1, -0.05) is 53.1 Å². The number of anilines is 1. The van der Waals surface area contributed by atoms with Crippen LogP contribution in [0, 0.1) is 11.8 Å². The van der Waals surface area contributed by atoms with Gasteiger partial charge in [0.1, 0.15) is 6.61 Å². The van der Waals surface area contributed by atoms with Gasteiger partial charge in [-0.3, -0.25) is 0 Å². The SMILES string of the molecule is CN(C)c1nnc(SCc2ccccc2C#CCO)s1. The van der Waals surface area contributed by atoms with Crippen LogP contribution in [0.5, 0.6) is 0 Å². The van der Waals surface area contributed by atoms with E-state index in [1.807, 2.05) is 43.3 Å². The lowest BCUT2D eigenvalue weighted by molar-refractivity contribution is 0.350. The number of hydrogen-bond acceptors (Lipinski definition) is 6. The lowest BCUT2D eigenvalue weighted by Gasteiger charge is -2.04. The maximum Gasteiger partial charge on any atom is 0.208 e. The number of nitrogens with zero attached hydrogens (tertiary/aromatic N) is 3. The lowest BCUT2D eigenvalue weighted by atomic mass is 10.1. The molecule has 0 aliphatic heterocycles. The fraction of sp³-hybridized carbons (Fsp3) is 0.286. The zero-order valence-corrected chi connectivity index (χ0v) is 13.0. The topological polar surface area (TPSA) is 49.2 Å². The Balaban J connectivity index is 2.06. The van der Waals surface area contributed by atoms with E-state index in [1.54, 1.807) is 23.1 Å². The van der Waals surface area contributed by atoms with Gasteiger partial charge >= 0.3 is 0 Å². The molecule has 20 heavy (non-hydrogen) atoms. The van der Waals surface area contributed by atoms with Crippen LogP contribution < -0.4 is 4.90 Å². The normalized spacial score (nSPS) is 9.95. The lowest BCUT2D eigenvalue weighted by Crippen LogP contribution is -2.07. The predicted molar refractivity (Wildman–Crippen MR) is 84.2 cm³/mol. The molecule has 0 spiro atoms. The maximum absolute atomic E-state index is 8.78. The van der Waals surface area contributed by atoms with Gasteiger partial charge < -0.3 is 10.0 Å². The summed E-state index contributed by atoms with van der Waals surface area (Å²) >= 11 is 3.22. The minimum absolute atomic E-state index is 0.121. The van der Waals surface area contributed by atoms with Crippen LogP contribution >= 0.6 is 23.1 Å². The number of rotatable bonds is 4. The van der Waals surface area contributed by atoms with E-state index in [0.717, 1.165) is 26.4 Å². The molecule has 1 aromatic carbocycles. The van der Waals surface area contributed by atoms with E-state index in [4.69, 9.17) is 5.11 Å². The van der Waals surface area contributed by atoms with Crippen molar-refractivity contribution in [1.82, 2.24) is 10.2 Å². The summed E-state index contributed by atoms with van der Waals surface area (Å²) < 4.78 is 0.943. The predicted octanol–water partition coefficient (Wildman–Crippen LogP) is 2.24. The van der Waals surface area contributed by atoms with Gasteiger partial charge in [-0.05, 0) is 11.6 Å². The Labute approximate surface area is 126 Å². The number of aliphatic hydroxyl groups is 1. The molecule has 0 radical (unpaired) electrons. The molecule has 0 aliphatic carbocycles. The highest BCUT2D eigenvalue weighted by atomic mass is 32.2. The van der Waals surface area contributed by atoms with Crippen molar-refractivity contribution < 1.29 is 5.11 Å². The van der Waals surface area contributed by atoms with Gasteiger partial charge in [-0.2, -0.15) is 0 Å². The Morgan fingerprint density at radius 3 is 2.80 bits per heavy atom. The average Bonchev–Trinajstić information content (AvgIpc) is 2.93. The van der Waals surface area contributed by atoms with E-state index in [2.05, 4.69) is 22.0 Å². The minimum atomic E-state index is -0.121. The summed E-state index contributed by atoms with van der Waals surface area (Å²) in [4.78, 5) is 1.95. The first-order chi connectivity index (χ1) is 9.70. The second kappa shape index (κ2) is 7.29. The van der Waals surface area contributed by atoms with Gasteiger partial charge in [0, 0.05) is 25.4 Å². The van der Waals surface area contributed by atoms with Crippen LogP contribution in [0.15, 0.2) is 28.6 Å². The highest BCUT2D eigenvalue weighted by Crippen LogP contribution is 2.29. The van der Waals surface area contributed by atoms with E-state index in [0.29, 0.717) is 0 Å². The van der Waals surface area contributed by atoms with Crippen LogP contribution in [0.3, 0.4) is 0 Å². The molecule has 0 saturated heterocycles. The Morgan fingerprint density at radius 2 is 2.10 bits per heavy atom. The van der Waals surface area contributed by atoms with Crippen LogP contribution in [0.25, 0.3) is 0 Å². The molecule has 0 amide bonds. The van der Waals surface area contributed by atoms with Gasteiger partial charge in [0.25, 0.3) is 0 Å². The van der Waals surface area contributed by atoms with Gasteiger partial charge in [-0.25, -0.2) is 0 Å². The number of aliphatic hydroxyl groups excluding tert-OH is 1. The zero-order chi connectivity index (χ0) is 14.4. The van der Waals surface area contributed by atoms with Crippen LogP contribution in [0.4, 0.5) is 5.13 Å². The van der Waals surface area contributed by atoms with Crippen molar-refractivity contribution in [2.75, 3.05) is 25.6 Å². The molecular formula is C14H15N3OS2. The number of aromatic nitrogens is 2. The molecule has 104 valence electrons. The monoisotopic (exact) mass is 305 g/mol. The molecule has 6 heteroatoms. The fourth-order valence-electron chi connectivity index (χ4n) is 1.48. The first-order valence-corrected chi connectivity index (χ1v) is 7.82. The van der Waals surface area contributed by atoms with Crippen LogP contribution in [0.1, 0.15) is 11.1 Å². The third-order valence-corrected chi connectivity index (χ3v) is 4.72.